The van der Waals surface area contributed by atoms with Gasteiger partial charge in [-0.1, -0.05) is 28.1 Å². The molecular formula is C13H17BrN2O. The van der Waals surface area contributed by atoms with Gasteiger partial charge in [0.15, 0.2) is 0 Å². The second-order valence-electron chi connectivity index (χ2n) is 4.53. The van der Waals surface area contributed by atoms with Crippen molar-refractivity contribution in [1.82, 2.24) is 4.90 Å². The maximum atomic E-state index is 12.0. The summed E-state index contributed by atoms with van der Waals surface area (Å²) >= 11 is 3.42. The van der Waals surface area contributed by atoms with E-state index in [-0.39, 0.29) is 11.9 Å². The Balaban J connectivity index is 2.20. The minimum Gasteiger partial charge on any atom is -0.334 e. The molecule has 2 atom stereocenters. The highest BCUT2D eigenvalue weighted by molar-refractivity contribution is 9.10. The lowest BCUT2D eigenvalue weighted by Crippen LogP contribution is -2.41. The van der Waals surface area contributed by atoms with Crippen LogP contribution in [0.4, 0.5) is 0 Å². The van der Waals surface area contributed by atoms with Gasteiger partial charge < -0.3 is 10.6 Å². The molecule has 4 heteroatoms. The van der Waals surface area contributed by atoms with Crippen molar-refractivity contribution >= 4 is 21.8 Å². The van der Waals surface area contributed by atoms with Crippen molar-refractivity contribution in [3.8, 4) is 0 Å². The fourth-order valence-electron chi connectivity index (χ4n) is 2.32. The van der Waals surface area contributed by atoms with Crippen LogP contribution in [0.2, 0.25) is 0 Å². The Hall–Kier alpha value is -0.870. The lowest BCUT2D eigenvalue weighted by molar-refractivity contribution is -0.133. The average molecular weight is 297 g/mol. The van der Waals surface area contributed by atoms with Gasteiger partial charge in [0, 0.05) is 11.0 Å². The van der Waals surface area contributed by atoms with Gasteiger partial charge in [0.25, 0.3) is 0 Å². The lowest BCUT2D eigenvalue weighted by Gasteiger charge is -2.26. The van der Waals surface area contributed by atoms with Gasteiger partial charge in [-0.3, -0.25) is 4.79 Å². The Morgan fingerprint density at radius 3 is 2.71 bits per heavy atom. The Morgan fingerprint density at radius 1 is 1.47 bits per heavy atom. The van der Waals surface area contributed by atoms with E-state index in [1.54, 1.807) is 6.92 Å². The molecule has 1 aliphatic rings. The normalized spacial score (nSPS) is 21.6. The van der Waals surface area contributed by atoms with E-state index >= 15 is 0 Å². The third-order valence-electron chi connectivity index (χ3n) is 3.18. The predicted octanol–water partition coefficient (Wildman–Crippen LogP) is 2.46. The minimum absolute atomic E-state index is 0.0513. The maximum Gasteiger partial charge on any atom is 0.239 e. The summed E-state index contributed by atoms with van der Waals surface area (Å²) in [4.78, 5) is 13.9. The highest BCUT2D eigenvalue weighted by atomic mass is 79.9. The molecule has 17 heavy (non-hydrogen) atoms. The molecule has 1 saturated heterocycles. The first-order valence-electron chi connectivity index (χ1n) is 5.91. The molecule has 2 N–H and O–H groups in total. The van der Waals surface area contributed by atoms with Crippen molar-refractivity contribution in [3.05, 3.63) is 34.3 Å². The number of carbonyl (C=O) groups is 1. The number of benzene rings is 1. The fourth-order valence-corrected chi connectivity index (χ4v) is 2.59. The summed E-state index contributed by atoms with van der Waals surface area (Å²) in [7, 11) is 0. The topological polar surface area (TPSA) is 46.3 Å². The van der Waals surface area contributed by atoms with Crippen molar-refractivity contribution in [2.45, 2.75) is 31.8 Å². The highest BCUT2D eigenvalue weighted by Crippen LogP contribution is 2.32. The van der Waals surface area contributed by atoms with E-state index in [0.717, 1.165) is 23.9 Å². The summed E-state index contributed by atoms with van der Waals surface area (Å²) in [5, 5.41) is 0. The van der Waals surface area contributed by atoms with E-state index in [1.807, 2.05) is 17.0 Å². The summed E-state index contributed by atoms with van der Waals surface area (Å²) in [6.45, 7) is 2.57. The summed E-state index contributed by atoms with van der Waals surface area (Å²) in [6, 6.07) is 7.96. The molecule has 1 aliphatic heterocycles. The molecule has 0 aliphatic carbocycles. The molecule has 1 amide bonds. The quantitative estimate of drug-likeness (QED) is 0.911. The Labute approximate surface area is 110 Å². The van der Waals surface area contributed by atoms with E-state index in [1.165, 1.54) is 5.56 Å². The number of amides is 1. The number of nitrogens with two attached hydrogens (primary N) is 1. The number of halogens is 1. The molecule has 0 aromatic heterocycles. The predicted molar refractivity (Wildman–Crippen MR) is 71.5 cm³/mol. The van der Waals surface area contributed by atoms with Gasteiger partial charge in [-0.15, -0.1) is 0 Å². The zero-order chi connectivity index (χ0) is 12.4. The van der Waals surface area contributed by atoms with Crippen LogP contribution < -0.4 is 5.73 Å². The van der Waals surface area contributed by atoms with Crippen molar-refractivity contribution < 1.29 is 4.79 Å². The highest BCUT2D eigenvalue weighted by Gasteiger charge is 2.31. The first-order valence-corrected chi connectivity index (χ1v) is 6.70. The molecule has 0 radical (unpaired) electrons. The van der Waals surface area contributed by atoms with Gasteiger partial charge in [-0.05, 0) is 37.5 Å². The van der Waals surface area contributed by atoms with E-state index in [9.17, 15) is 4.79 Å². The Kier molecular flexibility index (Phi) is 3.84. The standard InChI is InChI=1S/C13H17BrN2O/c1-9(15)13(17)16-8-2-3-12(16)10-4-6-11(14)7-5-10/h4-7,9,12H,2-3,8,15H2,1H3/t9-,12?/m1/s1. The van der Waals surface area contributed by atoms with Gasteiger partial charge in [-0.25, -0.2) is 0 Å². The van der Waals surface area contributed by atoms with Crippen LogP contribution in [0.15, 0.2) is 28.7 Å². The van der Waals surface area contributed by atoms with Crippen LogP contribution in [0.1, 0.15) is 31.4 Å². The van der Waals surface area contributed by atoms with Crippen LogP contribution in [0.3, 0.4) is 0 Å². The molecule has 1 aromatic carbocycles. The van der Waals surface area contributed by atoms with Crippen molar-refractivity contribution in [2.75, 3.05) is 6.54 Å². The molecular weight excluding hydrogens is 280 g/mol. The first-order chi connectivity index (χ1) is 8.09. The molecule has 0 bridgehead atoms. The second kappa shape index (κ2) is 5.19. The number of hydrogen-bond acceptors (Lipinski definition) is 2. The average Bonchev–Trinajstić information content (AvgIpc) is 2.77. The van der Waals surface area contributed by atoms with Crippen molar-refractivity contribution in [1.29, 1.82) is 0 Å². The number of nitrogens with zero attached hydrogens (tertiary/aromatic N) is 1. The summed E-state index contributed by atoms with van der Waals surface area (Å²) < 4.78 is 1.06. The van der Waals surface area contributed by atoms with Crippen molar-refractivity contribution in [3.63, 3.8) is 0 Å². The van der Waals surface area contributed by atoms with Crippen LogP contribution in [0.25, 0.3) is 0 Å². The van der Waals surface area contributed by atoms with Gasteiger partial charge in [0.2, 0.25) is 5.91 Å². The van der Waals surface area contributed by atoms with Crippen LogP contribution in [-0.2, 0) is 4.79 Å². The lowest BCUT2D eigenvalue weighted by atomic mass is 10.0. The number of hydrogen-bond donors (Lipinski definition) is 1. The monoisotopic (exact) mass is 296 g/mol. The van der Waals surface area contributed by atoms with Crippen LogP contribution >= 0.6 is 15.9 Å². The zero-order valence-electron chi connectivity index (χ0n) is 9.90. The number of likely N-dealkylation sites (tertiary alicyclic amines) is 1. The smallest absolute Gasteiger partial charge is 0.239 e. The Bertz CT molecular complexity index is 402. The number of carbonyl (C=O) groups excluding carboxylic acids is 1. The van der Waals surface area contributed by atoms with E-state index < -0.39 is 6.04 Å². The van der Waals surface area contributed by atoms with E-state index in [4.69, 9.17) is 5.73 Å². The van der Waals surface area contributed by atoms with Gasteiger partial charge >= 0.3 is 0 Å². The summed E-state index contributed by atoms with van der Waals surface area (Å²) in [6.07, 6.45) is 2.08. The molecule has 1 aromatic rings. The SMILES string of the molecule is C[C@@H](N)C(=O)N1CCCC1c1ccc(Br)cc1. The third-order valence-corrected chi connectivity index (χ3v) is 3.71. The molecule has 1 heterocycles. The van der Waals surface area contributed by atoms with Gasteiger partial charge in [0.05, 0.1) is 12.1 Å². The van der Waals surface area contributed by atoms with Crippen LogP contribution in [0.5, 0.6) is 0 Å². The minimum atomic E-state index is -0.411. The largest absolute Gasteiger partial charge is 0.334 e. The third kappa shape index (κ3) is 2.69. The maximum absolute atomic E-state index is 12.0. The number of rotatable bonds is 2. The van der Waals surface area contributed by atoms with E-state index in [0.29, 0.717) is 0 Å². The Morgan fingerprint density at radius 2 is 2.12 bits per heavy atom. The van der Waals surface area contributed by atoms with Crippen molar-refractivity contribution in [2.24, 2.45) is 5.73 Å². The second-order valence-corrected chi connectivity index (χ2v) is 5.45. The van der Waals surface area contributed by atoms with Gasteiger partial charge in [-0.2, -0.15) is 0 Å². The molecule has 0 spiro atoms. The van der Waals surface area contributed by atoms with E-state index in [2.05, 4.69) is 28.1 Å². The molecule has 2 rings (SSSR count). The van der Waals surface area contributed by atoms with Gasteiger partial charge in [0.1, 0.15) is 0 Å². The summed E-state index contributed by atoms with van der Waals surface area (Å²) in [5.41, 5.74) is 6.88. The zero-order valence-corrected chi connectivity index (χ0v) is 11.5. The molecule has 1 unspecified atom stereocenters. The fraction of sp³-hybridized carbons (Fsp3) is 0.462. The first kappa shape index (κ1) is 12.6. The summed E-state index contributed by atoms with van der Waals surface area (Å²) in [5.74, 6) is 0.0513. The van der Waals surface area contributed by atoms with Crippen LogP contribution in [0, 0.1) is 0 Å². The molecule has 1 fully saturated rings. The molecule has 92 valence electrons. The van der Waals surface area contributed by atoms with Crippen LogP contribution in [-0.4, -0.2) is 23.4 Å². The molecule has 3 nitrogen and oxygen atoms in total. The molecule has 0 saturated carbocycles.